The van der Waals surface area contributed by atoms with Gasteiger partial charge in [-0.05, 0) is 50.2 Å². The Bertz CT molecular complexity index is 309. The summed E-state index contributed by atoms with van der Waals surface area (Å²) in [5.74, 6) is 1.91. The Kier molecular flexibility index (Phi) is 9.99. The van der Waals surface area contributed by atoms with E-state index in [0.29, 0.717) is 6.04 Å². The van der Waals surface area contributed by atoms with E-state index in [1.807, 2.05) is 0 Å². The molecule has 134 valence electrons. The fourth-order valence-electron chi connectivity index (χ4n) is 4.74. The van der Waals surface area contributed by atoms with Crippen molar-refractivity contribution in [1.29, 1.82) is 0 Å². The van der Waals surface area contributed by atoms with Crippen molar-refractivity contribution in [2.75, 3.05) is 0 Å². The molecule has 23 heavy (non-hydrogen) atoms. The molecule has 1 heterocycles. The second-order valence-corrected chi connectivity index (χ2v) is 8.24. The van der Waals surface area contributed by atoms with Crippen LogP contribution in [0.15, 0.2) is 4.99 Å². The van der Waals surface area contributed by atoms with E-state index in [0.717, 1.165) is 11.8 Å². The Morgan fingerprint density at radius 3 is 2.43 bits per heavy atom. The van der Waals surface area contributed by atoms with E-state index in [1.165, 1.54) is 109 Å². The minimum absolute atomic E-state index is 0.656. The van der Waals surface area contributed by atoms with Crippen molar-refractivity contribution in [2.45, 2.75) is 122 Å². The molecule has 2 aliphatic rings. The van der Waals surface area contributed by atoms with Crippen LogP contribution in [0.4, 0.5) is 0 Å². The molecule has 0 spiro atoms. The highest BCUT2D eigenvalue weighted by Gasteiger charge is 2.27. The van der Waals surface area contributed by atoms with Crippen LogP contribution < -0.4 is 0 Å². The van der Waals surface area contributed by atoms with Crippen molar-refractivity contribution in [3.05, 3.63) is 0 Å². The SMILES string of the molecule is CCCCCC1CCCC(C2CCCCCCCCCC=N2)C1. The third-order valence-electron chi connectivity index (χ3n) is 6.21. The third-order valence-corrected chi connectivity index (χ3v) is 6.21. The second kappa shape index (κ2) is 12.1. The van der Waals surface area contributed by atoms with Gasteiger partial charge in [-0.25, -0.2) is 0 Å². The molecule has 0 aromatic carbocycles. The van der Waals surface area contributed by atoms with Crippen LogP contribution in [0.2, 0.25) is 0 Å². The van der Waals surface area contributed by atoms with E-state index < -0.39 is 0 Å². The standard InChI is InChI=1S/C22H41N/c1-2-3-10-14-20-15-13-16-21(19-20)22-17-11-8-6-4-5-7-9-12-18-23-22/h18,20-22H,2-17,19H2,1H3. The van der Waals surface area contributed by atoms with Crippen LogP contribution in [0, 0.1) is 11.8 Å². The third kappa shape index (κ3) is 7.86. The molecule has 3 atom stereocenters. The first-order chi connectivity index (χ1) is 11.4. The molecule has 1 heteroatoms. The molecule has 1 aliphatic carbocycles. The fourth-order valence-corrected chi connectivity index (χ4v) is 4.74. The molecule has 0 aromatic rings. The first-order valence-electron chi connectivity index (χ1n) is 10.9. The molecule has 1 aliphatic heterocycles. The smallest absolute Gasteiger partial charge is 0.0523 e. The topological polar surface area (TPSA) is 12.4 Å². The highest BCUT2D eigenvalue weighted by Crippen LogP contribution is 2.36. The molecule has 0 bridgehead atoms. The Balaban J connectivity index is 1.83. The predicted molar refractivity (Wildman–Crippen MR) is 103 cm³/mol. The van der Waals surface area contributed by atoms with Crippen molar-refractivity contribution in [3.63, 3.8) is 0 Å². The Morgan fingerprint density at radius 1 is 0.826 bits per heavy atom. The summed E-state index contributed by atoms with van der Waals surface area (Å²) in [6, 6.07) is 0.656. The summed E-state index contributed by atoms with van der Waals surface area (Å²) >= 11 is 0. The molecule has 1 saturated carbocycles. The summed E-state index contributed by atoms with van der Waals surface area (Å²) in [6.45, 7) is 2.32. The van der Waals surface area contributed by atoms with Crippen molar-refractivity contribution in [3.8, 4) is 0 Å². The monoisotopic (exact) mass is 319 g/mol. The number of unbranched alkanes of at least 4 members (excludes halogenated alkanes) is 2. The Hall–Kier alpha value is -0.330. The van der Waals surface area contributed by atoms with Gasteiger partial charge in [0.05, 0.1) is 6.04 Å². The van der Waals surface area contributed by atoms with E-state index in [4.69, 9.17) is 4.99 Å². The second-order valence-electron chi connectivity index (χ2n) is 8.24. The predicted octanol–water partition coefficient (Wildman–Crippen LogP) is 7.34. The molecule has 0 saturated heterocycles. The average Bonchev–Trinajstić information content (AvgIpc) is 2.56. The molecule has 0 radical (unpaired) electrons. The van der Waals surface area contributed by atoms with Gasteiger partial charge < -0.3 is 0 Å². The lowest BCUT2D eigenvalue weighted by molar-refractivity contribution is 0.215. The Morgan fingerprint density at radius 2 is 1.61 bits per heavy atom. The minimum atomic E-state index is 0.656. The first-order valence-corrected chi connectivity index (χ1v) is 10.9. The van der Waals surface area contributed by atoms with Crippen LogP contribution in [0.3, 0.4) is 0 Å². The number of rotatable bonds is 5. The van der Waals surface area contributed by atoms with E-state index in [2.05, 4.69) is 13.1 Å². The highest BCUT2D eigenvalue weighted by molar-refractivity contribution is 5.57. The van der Waals surface area contributed by atoms with Gasteiger partial charge in [0.15, 0.2) is 0 Å². The van der Waals surface area contributed by atoms with Crippen LogP contribution in [0.1, 0.15) is 116 Å². The zero-order chi connectivity index (χ0) is 16.2. The van der Waals surface area contributed by atoms with Gasteiger partial charge in [-0.3, -0.25) is 4.99 Å². The molecule has 0 aromatic heterocycles. The molecule has 1 fully saturated rings. The van der Waals surface area contributed by atoms with Crippen molar-refractivity contribution in [1.82, 2.24) is 0 Å². The van der Waals surface area contributed by atoms with Crippen molar-refractivity contribution in [2.24, 2.45) is 16.8 Å². The van der Waals surface area contributed by atoms with E-state index in [1.54, 1.807) is 0 Å². The summed E-state index contributed by atoms with van der Waals surface area (Å²) in [4.78, 5) is 5.09. The van der Waals surface area contributed by atoms with Crippen molar-refractivity contribution >= 4 is 6.21 Å². The van der Waals surface area contributed by atoms with Gasteiger partial charge in [0.1, 0.15) is 0 Å². The molecule has 1 nitrogen and oxygen atoms in total. The summed E-state index contributed by atoms with van der Waals surface area (Å²) in [6.07, 6.45) is 26.5. The fraction of sp³-hybridized carbons (Fsp3) is 0.955. The number of hydrogen-bond acceptors (Lipinski definition) is 1. The van der Waals surface area contributed by atoms with Crippen molar-refractivity contribution < 1.29 is 0 Å². The lowest BCUT2D eigenvalue weighted by Crippen LogP contribution is -2.26. The van der Waals surface area contributed by atoms with Gasteiger partial charge in [-0.2, -0.15) is 0 Å². The molecule has 2 rings (SSSR count). The van der Waals surface area contributed by atoms with Crippen LogP contribution >= 0.6 is 0 Å². The molecule has 3 unspecified atom stereocenters. The number of nitrogens with zero attached hydrogens (tertiary/aromatic N) is 1. The van der Waals surface area contributed by atoms with E-state index >= 15 is 0 Å². The molecular formula is C22H41N. The van der Waals surface area contributed by atoms with Gasteiger partial charge in [-0.1, -0.05) is 84.0 Å². The highest BCUT2D eigenvalue weighted by atomic mass is 14.8. The quantitative estimate of drug-likeness (QED) is 0.470. The maximum atomic E-state index is 5.09. The summed E-state index contributed by atoms with van der Waals surface area (Å²) in [5.41, 5.74) is 0. The maximum Gasteiger partial charge on any atom is 0.0523 e. The largest absolute Gasteiger partial charge is 0.294 e. The zero-order valence-corrected chi connectivity index (χ0v) is 15.8. The summed E-state index contributed by atoms with van der Waals surface area (Å²) < 4.78 is 0. The summed E-state index contributed by atoms with van der Waals surface area (Å²) in [5, 5.41) is 0. The average molecular weight is 320 g/mol. The number of aliphatic imine (C=N–C) groups is 1. The Labute approximate surface area is 145 Å². The van der Waals surface area contributed by atoms with Crippen LogP contribution in [0.25, 0.3) is 0 Å². The molecule has 0 N–H and O–H groups in total. The normalized spacial score (nSPS) is 31.3. The lowest BCUT2D eigenvalue weighted by Gasteiger charge is -2.33. The summed E-state index contributed by atoms with van der Waals surface area (Å²) in [7, 11) is 0. The van der Waals surface area contributed by atoms with Crippen LogP contribution in [-0.4, -0.2) is 12.3 Å². The maximum absolute atomic E-state index is 5.09. The number of hydrogen-bond donors (Lipinski definition) is 0. The van der Waals surface area contributed by atoms with Crippen LogP contribution in [0.5, 0.6) is 0 Å². The van der Waals surface area contributed by atoms with Gasteiger partial charge >= 0.3 is 0 Å². The first kappa shape index (κ1) is 19.0. The van der Waals surface area contributed by atoms with Gasteiger partial charge in [-0.15, -0.1) is 0 Å². The lowest BCUT2D eigenvalue weighted by atomic mass is 9.75. The van der Waals surface area contributed by atoms with E-state index in [-0.39, 0.29) is 0 Å². The van der Waals surface area contributed by atoms with Crippen LogP contribution in [-0.2, 0) is 0 Å². The minimum Gasteiger partial charge on any atom is -0.294 e. The zero-order valence-electron chi connectivity index (χ0n) is 15.8. The van der Waals surface area contributed by atoms with Gasteiger partial charge in [0.2, 0.25) is 0 Å². The van der Waals surface area contributed by atoms with Gasteiger partial charge in [0, 0.05) is 0 Å². The van der Waals surface area contributed by atoms with Gasteiger partial charge in [0.25, 0.3) is 0 Å². The molecular weight excluding hydrogens is 278 g/mol. The molecule has 0 amide bonds. The van der Waals surface area contributed by atoms with E-state index in [9.17, 15) is 0 Å².